The highest BCUT2D eigenvalue weighted by molar-refractivity contribution is 5.97. The fourth-order valence-electron chi connectivity index (χ4n) is 6.33. The van der Waals surface area contributed by atoms with Gasteiger partial charge in [0.1, 0.15) is 42.3 Å². The van der Waals surface area contributed by atoms with Gasteiger partial charge in [-0.25, -0.2) is 4.79 Å². The molecule has 1 aromatic carbocycles. The molecule has 6 amide bonds. The predicted molar refractivity (Wildman–Crippen MR) is 212 cm³/mol. The molecule has 1 fully saturated rings. The number of nitrogens with two attached hydrogens (primary N) is 3. The molecule has 1 heterocycles. The van der Waals surface area contributed by atoms with Crippen molar-refractivity contribution in [2.45, 2.75) is 122 Å². The molecule has 0 spiro atoms. The van der Waals surface area contributed by atoms with Gasteiger partial charge in [0.2, 0.25) is 35.4 Å². The molecule has 2 rings (SSSR count). The summed E-state index contributed by atoms with van der Waals surface area (Å²) in [6, 6.07) is 0.774. The monoisotopic (exact) mass is 802 g/mol. The van der Waals surface area contributed by atoms with E-state index >= 15 is 0 Å². The van der Waals surface area contributed by atoms with E-state index in [1.54, 1.807) is 30.3 Å². The third kappa shape index (κ3) is 16.4. The van der Waals surface area contributed by atoms with Gasteiger partial charge in [0.25, 0.3) is 0 Å². The van der Waals surface area contributed by atoms with E-state index in [-0.39, 0.29) is 63.0 Å². The highest BCUT2D eigenvalue weighted by Gasteiger charge is 2.37. The number of nitrogens with one attached hydrogen (secondary N) is 5. The molecule has 0 aliphatic carbocycles. The third-order valence-electron chi connectivity index (χ3n) is 9.26. The molecular weight excluding hydrogens is 740 g/mol. The number of hydrogen-bond donors (Lipinski definition) is 10. The minimum Gasteiger partial charge on any atom is -0.480 e. The Morgan fingerprint density at radius 2 is 1.28 bits per heavy atom. The Morgan fingerprint density at radius 3 is 1.79 bits per heavy atom. The van der Waals surface area contributed by atoms with Crippen molar-refractivity contribution in [1.29, 1.82) is 0 Å². The van der Waals surface area contributed by atoms with Gasteiger partial charge in [-0.1, -0.05) is 58.0 Å². The zero-order valence-corrected chi connectivity index (χ0v) is 33.5. The van der Waals surface area contributed by atoms with Gasteiger partial charge >= 0.3 is 5.97 Å². The number of carboxylic acids is 1. The van der Waals surface area contributed by atoms with Gasteiger partial charge in [-0.15, -0.1) is 0 Å². The van der Waals surface area contributed by atoms with Crippen LogP contribution in [0.1, 0.15) is 78.7 Å². The summed E-state index contributed by atoms with van der Waals surface area (Å²) in [4.78, 5) is 97.9. The van der Waals surface area contributed by atoms with Gasteiger partial charge in [-0.05, 0) is 62.8 Å². The molecule has 0 unspecified atom stereocenters. The molecule has 0 radical (unpaired) electrons. The number of likely N-dealkylation sites (tertiary alicyclic amines) is 1. The van der Waals surface area contributed by atoms with Gasteiger partial charge in [0, 0.05) is 19.5 Å². The largest absolute Gasteiger partial charge is 0.480 e. The molecule has 0 aromatic heterocycles. The second kappa shape index (κ2) is 23.7. The van der Waals surface area contributed by atoms with E-state index in [0.29, 0.717) is 18.4 Å². The standard InChI is InChI=1S/C38H62N10O9/c1-21(2)17-27(33(52)44-26(13-9-15-42-38(40)41)32(51)43-23(5)36(55)48-16-10-14-30(48)37(56)57)46-34(53)28(18-22(3)4)47-35(54)29(45-31(50)25(39)20-49)19-24-11-7-6-8-12-24/h6-8,11-12,21-23,25-30,49H,9-10,13-20,39H2,1-5H3,(H,43,51)(H,44,52)(H,45,50)(H,46,53)(H,47,54)(H,56,57)(H4,40,41,42)/t23-,25-,26-,27-,28-,29-,30-/m0/s1. The number of carboxylic acid groups (broad SMARTS) is 1. The number of aliphatic carboxylic acids is 1. The number of carbonyl (C=O) groups excluding carboxylic acids is 6. The molecule has 1 aliphatic rings. The molecular formula is C38H62N10O9. The summed E-state index contributed by atoms with van der Waals surface area (Å²) < 4.78 is 0. The number of aliphatic hydroxyl groups is 1. The summed E-state index contributed by atoms with van der Waals surface area (Å²) in [7, 11) is 0. The van der Waals surface area contributed by atoms with Crippen LogP contribution in [0.25, 0.3) is 0 Å². The Labute approximate surface area is 333 Å². The first-order valence-corrected chi connectivity index (χ1v) is 19.3. The lowest BCUT2D eigenvalue weighted by Gasteiger charge is -2.29. The van der Waals surface area contributed by atoms with Crippen LogP contribution in [0.3, 0.4) is 0 Å². The average molecular weight is 803 g/mol. The van der Waals surface area contributed by atoms with E-state index in [2.05, 4.69) is 31.6 Å². The van der Waals surface area contributed by atoms with E-state index in [9.17, 15) is 43.8 Å². The van der Waals surface area contributed by atoms with E-state index in [0.717, 1.165) is 0 Å². The van der Waals surface area contributed by atoms with E-state index in [4.69, 9.17) is 17.2 Å². The van der Waals surface area contributed by atoms with Crippen LogP contribution in [0.4, 0.5) is 0 Å². The van der Waals surface area contributed by atoms with Crippen molar-refractivity contribution in [1.82, 2.24) is 31.5 Å². The fourth-order valence-corrected chi connectivity index (χ4v) is 6.33. The molecule has 1 aromatic rings. The quantitative estimate of drug-likeness (QED) is 0.0334. The van der Waals surface area contributed by atoms with Crippen molar-refractivity contribution in [2.75, 3.05) is 19.7 Å². The van der Waals surface area contributed by atoms with Crippen molar-refractivity contribution in [3.63, 3.8) is 0 Å². The summed E-state index contributed by atoms with van der Waals surface area (Å²) in [6.45, 7) is 8.50. The third-order valence-corrected chi connectivity index (χ3v) is 9.26. The van der Waals surface area contributed by atoms with Crippen LogP contribution < -0.4 is 43.8 Å². The molecule has 19 heteroatoms. The first kappa shape index (κ1) is 47.9. The van der Waals surface area contributed by atoms with Crippen molar-refractivity contribution in [2.24, 2.45) is 34.0 Å². The lowest BCUT2D eigenvalue weighted by atomic mass is 9.98. The first-order chi connectivity index (χ1) is 26.8. The predicted octanol–water partition coefficient (Wildman–Crippen LogP) is -1.79. The number of aliphatic hydroxyl groups excluding tert-OH is 1. The van der Waals surface area contributed by atoms with Crippen LogP contribution in [0, 0.1) is 11.8 Å². The number of carbonyl (C=O) groups is 7. The van der Waals surface area contributed by atoms with Gasteiger partial charge in [0.05, 0.1) is 6.61 Å². The number of amides is 6. The fraction of sp³-hybridized carbons (Fsp3) is 0.632. The first-order valence-electron chi connectivity index (χ1n) is 19.3. The zero-order chi connectivity index (χ0) is 42.8. The Morgan fingerprint density at radius 1 is 0.772 bits per heavy atom. The van der Waals surface area contributed by atoms with E-state index < -0.39 is 90.3 Å². The minimum atomic E-state index is -1.28. The smallest absolute Gasteiger partial charge is 0.326 e. The Balaban J connectivity index is 2.31. The molecule has 0 bridgehead atoms. The maximum absolute atomic E-state index is 13.9. The highest BCUT2D eigenvalue weighted by Crippen LogP contribution is 2.19. The molecule has 57 heavy (non-hydrogen) atoms. The summed E-state index contributed by atoms with van der Waals surface area (Å²) in [5.74, 6) is -5.65. The molecule has 1 saturated heterocycles. The number of aliphatic imine (C=N–C) groups is 1. The average Bonchev–Trinajstić information content (AvgIpc) is 3.65. The van der Waals surface area contributed by atoms with Gasteiger partial charge in [-0.3, -0.25) is 33.8 Å². The second-order valence-corrected chi connectivity index (χ2v) is 15.2. The van der Waals surface area contributed by atoms with Crippen LogP contribution in [0.15, 0.2) is 35.3 Å². The van der Waals surface area contributed by atoms with Crippen molar-refractivity contribution < 1.29 is 43.8 Å². The lowest BCUT2D eigenvalue weighted by molar-refractivity contribution is -0.149. The Hall–Kier alpha value is -5.30. The summed E-state index contributed by atoms with van der Waals surface area (Å²) in [5.41, 5.74) is 17.3. The van der Waals surface area contributed by atoms with Crippen LogP contribution in [0.2, 0.25) is 0 Å². The van der Waals surface area contributed by atoms with Gasteiger partial charge in [-0.2, -0.15) is 0 Å². The number of benzene rings is 1. The van der Waals surface area contributed by atoms with Gasteiger partial charge in [0.15, 0.2) is 5.96 Å². The Bertz CT molecular complexity index is 1550. The molecule has 318 valence electrons. The topological polar surface area (TPSA) is 314 Å². The van der Waals surface area contributed by atoms with E-state index in [1.165, 1.54) is 11.8 Å². The zero-order valence-electron chi connectivity index (χ0n) is 33.5. The summed E-state index contributed by atoms with van der Waals surface area (Å²) in [6.07, 6.45) is 1.45. The van der Waals surface area contributed by atoms with Crippen LogP contribution in [0.5, 0.6) is 0 Å². The van der Waals surface area contributed by atoms with Crippen LogP contribution in [-0.4, -0.2) is 124 Å². The van der Waals surface area contributed by atoms with Crippen molar-refractivity contribution in [3.8, 4) is 0 Å². The molecule has 0 saturated carbocycles. The van der Waals surface area contributed by atoms with Crippen LogP contribution >= 0.6 is 0 Å². The van der Waals surface area contributed by atoms with Crippen LogP contribution in [-0.2, 0) is 40.0 Å². The maximum atomic E-state index is 13.9. The van der Waals surface area contributed by atoms with E-state index in [1.807, 2.05) is 27.7 Å². The second-order valence-electron chi connectivity index (χ2n) is 15.2. The van der Waals surface area contributed by atoms with Crippen molar-refractivity contribution in [3.05, 3.63) is 35.9 Å². The number of rotatable bonds is 23. The van der Waals surface area contributed by atoms with Gasteiger partial charge < -0.3 is 58.9 Å². The summed E-state index contributed by atoms with van der Waals surface area (Å²) in [5, 5.41) is 32.3. The highest BCUT2D eigenvalue weighted by atomic mass is 16.4. The SMILES string of the molecule is CC(C)C[C@H](NC(=O)[C@H](CC(C)C)NC(=O)[C@H](Cc1ccccc1)NC(=O)[C@@H](N)CO)C(=O)N[C@@H](CCCN=C(N)N)C(=O)N[C@@H](C)C(=O)N1CCC[C@H]1C(=O)O. The number of nitrogens with zero attached hydrogens (tertiary/aromatic N) is 2. The maximum Gasteiger partial charge on any atom is 0.326 e. The lowest BCUT2D eigenvalue weighted by Crippen LogP contribution is -2.60. The molecule has 13 N–H and O–H groups in total. The Kier molecular flexibility index (Phi) is 19.9. The number of guanidine groups is 1. The molecule has 7 atom stereocenters. The minimum absolute atomic E-state index is 0.0412. The summed E-state index contributed by atoms with van der Waals surface area (Å²) >= 11 is 0. The molecule has 19 nitrogen and oxygen atoms in total. The van der Waals surface area contributed by atoms with Crippen molar-refractivity contribution >= 4 is 47.4 Å². The molecule has 1 aliphatic heterocycles. The number of hydrogen-bond acceptors (Lipinski definition) is 10. The normalized spacial score (nSPS) is 17.0.